The van der Waals surface area contributed by atoms with Crippen molar-refractivity contribution in [2.75, 3.05) is 4.90 Å². The fraction of sp³-hybridized carbons (Fsp3) is 0.393. The lowest BCUT2D eigenvalue weighted by Crippen LogP contribution is -2.44. The Morgan fingerprint density at radius 2 is 1.81 bits per heavy atom. The SMILES string of the molecule is Cc1ccc(C(=O)N=C2Cc3ccc(-n4cncn4)cc3N2C2CCC(C(=O)NC(C)C)CC2)cc1. The van der Waals surface area contributed by atoms with Gasteiger partial charge in [0.05, 0.1) is 5.69 Å². The number of amides is 2. The molecule has 2 aromatic carbocycles. The molecule has 8 nitrogen and oxygen atoms in total. The Morgan fingerprint density at radius 3 is 2.47 bits per heavy atom. The summed E-state index contributed by atoms with van der Waals surface area (Å²) in [7, 11) is 0. The molecule has 1 saturated carbocycles. The number of carbonyl (C=O) groups excluding carboxylic acids is 2. The fourth-order valence-corrected chi connectivity index (χ4v) is 5.18. The van der Waals surface area contributed by atoms with E-state index in [2.05, 4.69) is 37.4 Å². The molecule has 0 spiro atoms. The Hall–Kier alpha value is -3.81. The second-order valence-corrected chi connectivity index (χ2v) is 10.1. The quantitative estimate of drug-likeness (QED) is 0.584. The maximum Gasteiger partial charge on any atom is 0.278 e. The van der Waals surface area contributed by atoms with Crippen molar-refractivity contribution >= 4 is 23.3 Å². The molecule has 0 bridgehead atoms. The first-order valence-corrected chi connectivity index (χ1v) is 12.6. The van der Waals surface area contributed by atoms with Gasteiger partial charge in [0.25, 0.3) is 5.91 Å². The van der Waals surface area contributed by atoms with E-state index in [4.69, 9.17) is 0 Å². The third-order valence-electron chi connectivity index (χ3n) is 7.03. The summed E-state index contributed by atoms with van der Waals surface area (Å²) in [4.78, 5) is 36.6. The van der Waals surface area contributed by atoms with Crippen molar-refractivity contribution in [1.29, 1.82) is 0 Å². The summed E-state index contributed by atoms with van der Waals surface area (Å²) in [5, 5.41) is 7.33. The minimum atomic E-state index is -0.232. The van der Waals surface area contributed by atoms with Crippen LogP contribution in [0, 0.1) is 12.8 Å². The molecule has 0 unspecified atom stereocenters. The van der Waals surface area contributed by atoms with Gasteiger partial charge < -0.3 is 10.2 Å². The number of hydrogen-bond acceptors (Lipinski definition) is 4. The van der Waals surface area contributed by atoms with Gasteiger partial charge in [-0.2, -0.15) is 10.1 Å². The van der Waals surface area contributed by atoms with E-state index in [0.29, 0.717) is 12.0 Å². The van der Waals surface area contributed by atoms with E-state index >= 15 is 0 Å². The Morgan fingerprint density at radius 1 is 1.06 bits per heavy atom. The largest absolute Gasteiger partial charge is 0.354 e. The zero-order valence-electron chi connectivity index (χ0n) is 21.0. The number of amidine groups is 1. The van der Waals surface area contributed by atoms with Gasteiger partial charge in [-0.3, -0.25) is 9.59 Å². The molecule has 36 heavy (non-hydrogen) atoms. The summed E-state index contributed by atoms with van der Waals surface area (Å²) in [5.74, 6) is 0.703. The van der Waals surface area contributed by atoms with Crippen molar-refractivity contribution in [2.45, 2.75) is 65.0 Å². The number of benzene rings is 2. The number of aliphatic imine (C=N–C) groups is 1. The highest BCUT2D eigenvalue weighted by Crippen LogP contribution is 2.38. The van der Waals surface area contributed by atoms with Crippen LogP contribution in [-0.4, -0.2) is 44.5 Å². The highest BCUT2D eigenvalue weighted by molar-refractivity contribution is 6.13. The number of hydrogen-bond donors (Lipinski definition) is 1. The molecule has 0 saturated heterocycles. The number of anilines is 1. The van der Waals surface area contributed by atoms with Crippen molar-refractivity contribution in [3.8, 4) is 5.69 Å². The lowest BCUT2D eigenvalue weighted by Gasteiger charge is -2.36. The number of carbonyl (C=O) groups is 2. The van der Waals surface area contributed by atoms with E-state index in [1.165, 1.54) is 6.33 Å². The molecule has 1 N–H and O–H groups in total. The maximum absolute atomic E-state index is 13.1. The standard InChI is InChI=1S/C28H32N6O2/c1-18(2)31-27(35)21-8-11-23(12-9-21)34-25-15-24(33-17-29-16-30-33)13-10-22(25)14-26(34)32-28(36)20-6-4-19(3)5-7-20/h4-7,10,13,15-18,21,23H,8-9,11-12,14H2,1-3H3,(H,31,35). The number of fused-ring (bicyclic) bond motifs is 1. The number of rotatable bonds is 5. The molecule has 0 atom stereocenters. The lowest BCUT2D eigenvalue weighted by atomic mass is 9.84. The van der Waals surface area contributed by atoms with Crippen LogP contribution in [0.3, 0.4) is 0 Å². The summed E-state index contributed by atoms with van der Waals surface area (Å²) in [6.45, 7) is 5.98. The smallest absolute Gasteiger partial charge is 0.278 e. The summed E-state index contributed by atoms with van der Waals surface area (Å²) >= 11 is 0. The van der Waals surface area contributed by atoms with Gasteiger partial charge in [-0.1, -0.05) is 23.8 Å². The summed E-state index contributed by atoms with van der Waals surface area (Å²) < 4.78 is 1.73. The molecule has 8 heteroatoms. The molecule has 1 aliphatic carbocycles. The monoisotopic (exact) mass is 484 g/mol. The van der Waals surface area contributed by atoms with Gasteiger partial charge in [-0.25, -0.2) is 9.67 Å². The molecule has 1 aromatic heterocycles. The van der Waals surface area contributed by atoms with Crippen molar-refractivity contribution in [2.24, 2.45) is 10.9 Å². The molecule has 2 amide bonds. The molecule has 5 rings (SSSR count). The molecule has 3 aromatic rings. The van der Waals surface area contributed by atoms with E-state index in [1.54, 1.807) is 11.0 Å². The van der Waals surface area contributed by atoms with Crippen molar-refractivity contribution in [1.82, 2.24) is 20.1 Å². The lowest BCUT2D eigenvalue weighted by molar-refractivity contribution is -0.126. The minimum absolute atomic E-state index is 0.0294. The minimum Gasteiger partial charge on any atom is -0.354 e. The number of nitrogens with one attached hydrogen (secondary N) is 1. The zero-order valence-corrected chi connectivity index (χ0v) is 21.0. The van der Waals surface area contributed by atoms with E-state index in [0.717, 1.165) is 54.0 Å². The van der Waals surface area contributed by atoms with Gasteiger partial charge in [0.15, 0.2) is 0 Å². The van der Waals surface area contributed by atoms with Crippen molar-refractivity contribution in [3.05, 3.63) is 71.8 Å². The second kappa shape index (κ2) is 10.0. The second-order valence-electron chi connectivity index (χ2n) is 10.1. The van der Waals surface area contributed by atoms with Crippen LogP contribution in [0.15, 0.2) is 60.1 Å². The molecule has 0 radical (unpaired) electrons. The van der Waals surface area contributed by atoms with Gasteiger partial charge in [0.2, 0.25) is 5.91 Å². The normalized spacial score (nSPS) is 20.6. The van der Waals surface area contributed by atoms with Crippen LogP contribution in [0.1, 0.15) is 61.0 Å². The van der Waals surface area contributed by atoms with E-state index < -0.39 is 0 Å². The van der Waals surface area contributed by atoms with Gasteiger partial charge in [0, 0.05) is 35.7 Å². The summed E-state index contributed by atoms with van der Waals surface area (Å²) in [6.07, 6.45) is 7.14. The van der Waals surface area contributed by atoms with Gasteiger partial charge in [-0.15, -0.1) is 0 Å². The topological polar surface area (TPSA) is 92.5 Å². The first-order chi connectivity index (χ1) is 17.4. The van der Waals surface area contributed by atoms with Crippen molar-refractivity contribution < 1.29 is 9.59 Å². The number of nitrogens with zero attached hydrogens (tertiary/aromatic N) is 5. The third-order valence-corrected chi connectivity index (χ3v) is 7.03. The third kappa shape index (κ3) is 4.94. The van der Waals surface area contributed by atoms with Gasteiger partial charge in [-0.05, 0) is 76.3 Å². The molecule has 1 fully saturated rings. The highest BCUT2D eigenvalue weighted by Gasteiger charge is 2.36. The van der Waals surface area contributed by atoms with Gasteiger partial charge in [0.1, 0.15) is 18.5 Å². The fourth-order valence-electron chi connectivity index (χ4n) is 5.18. The van der Waals surface area contributed by atoms with Crippen molar-refractivity contribution in [3.63, 3.8) is 0 Å². The predicted molar refractivity (Wildman–Crippen MR) is 140 cm³/mol. The summed E-state index contributed by atoms with van der Waals surface area (Å²) in [5.41, 5.74) is 4.78. The molecule has 186 valence electrons. The Labute approximate surface area is 211 Å². The first-order valence-electron chi connectivity index (χ1n) is 12.6. The average Bonchev–Trinajstić information content (AvgIpc) is 3.52. The van der Waals surface area contributed by atoms with Crippen LogP contribution < -0.4 is 10.2 Å². The Balaban J connectivity index is 1.44. The van der Waals surface area contributed by atoms with E-state index in [9.17, 15) is 9.59 Å². The van der Waals surface area contributed by atoms with E-state index in [-0.39, 0.29) is 29.8 Å². The van der Waals surface area contributed by atoms with Crippen LogP contribution in [0.4, 0.5) is 5.69 Å². The van der Waals surface area contributed by atoms with Crippen LogP contribution >= 0.6 is 0 Å². The number of aryl methyl sites for hydroxylation is 1. The van der Waals surface area contributed by atoms with Crippen LogP contribution in [0.2, 0.25) is 0 Å². The number of aromatic nitrogens is 3. The van der Waals surface area contributed by atoms with Crippen LogP contribution in [0.25, 0.3) is 5.69 Å². The van der Waals surface area contributed by atoms with Crippen LogP contribution in [-0.2, 0) is 11.2 Å². The molecule has 2 aliphatic rings. The predicted octanol–water partition coefficient (Wildman–Crippen LogP) is 4.26. The van der Waals surface area contributed by atoms with Gasteiger partial charge >= 0.3 is 0 Å². The Bertz CT molecular complexity index is 1270. The molecule has 2 heterocycles. The zero-order chi connectivity index (χ0) is 25.2. The van der Waals surface area contributed by atoms with Crippen LogP contribution in [0.5, 0.6) is 0 Å². The average molecular weight is 485 g/mol. The molecule has 1 aliphatic heterocycles. The highest BCUT2D eigenvalue weighted by atomic mass is 16.2. The molecular formula is C28H32N6O2. The maximum atomic E-state index is 13.1. The first kappa shape index (κ1) is 23.9. The molecular weight excluding hydrogens is 452 g/mol. The Kier molecular flexibility index (Phi) is 6.67. The summed E-state index contributed by atoms with van der Waals surface area (Å²) in [6, 6.07) is 14.0. The van der Waals surface area contributed by atoms with E-state index in [1.807, 2.05) is 51.1 Å².